The summed E-state index contributed by atoms with van der Waals surface area (Å²) in [5.74, 6) is 0. The molecule has 0 aliphatic carbocycles. The quantitative estimate of drug-likeness (QED) is 0.548. The maximum atomic E-state index is 12.1. The minimum Gasteiger partial charge on any atom is -0.298 e. The van der Waals surface area contributed by atoms with Gasteiger partial charge in [-0.05, 0) is 25.9 Å². The molecule has 1 unspecified atom stereocenters. The number of alkyl halides is 1. The Hall–Kier alpha value is -0.110. The molecule has 1 heterocycles. The van der Waals surface area contributed by atoms with Crippen LogP contribution in [0.2, 0.25) is 0 Å². The summed E-state index contributed by atoms with van der Waals surface area (Å²) in [7, 11) is 0. The molecule has 1 saturated heterocycles. The van der Waals surface area contributed by atoms with Crippen LogP contribution in [0.1, 0.15) is 19.8 Å². The van der Waals surface area contributed by atoms with Gasteiger partial charge in [0.2, 0.25) is 0 Å². The van der Waals surface area contributed by atoms with Crippen molar-refractivity contribution >= 4 is 0 Å². The fourth-order valence-corrected chi connectivity index (χ4v) is 1.49. The van der Waals surface area contributed by atoms with Gasteiger partial charge in [-0.25, -0.2) is 4.39 Å². The molecule has 0 N–H and O–H groups in total. The summed E-state index contributed by atoms with van der Waals surface area (Å²) in [6, 6.07) is 0.245. The van der Waals surface area contributed by atoms with E-state index in [1.54, 1.807) is 0 Å². The zero-order chi connectivity index (χ0) is 6.69. The smallest absolute Gasteiger partial charge is 0.105 e. The molecule has 1 nitrogen and oxygen atoms in total. The van der Waals surface area contributed by atoms with Gasteiger partial charge in [-0.2, -0.15) is 0 Å². The maximum absolute atomic E-state index is 12.1. The highest BCUT2D eigenvalue weighted by atomic mass is 19.1. The highest BCUT2D eigenvalue weighted by molar-refractivity contribution is 4.76. The Morgan fingerprint density at radius 3 is 2.89 bits per heavy atom. The van der Waals surface area contributed by atoms with E-state index in [0.717, 1.165) is 19.5 Å². The molecule has 54 valence electrons. The number of nitrogens with zero attached hydrogens (tertiary/aromatic N) is 1. The second-order valence-corrected chi connectivity index (χ2v) is 2.58. The van der Waals surface area contributed by atoms with E-state index < -0.39 is 0 Å². The number of hydrogen-bond donors (Lipinski definition) is 0. The van der Waals surface area contributed by atoms with Crippen LogP contribution in [0.15, 0.2) is 0 Å². The number of halogens is 1. The van der Waals surface area contributed by atoms with Crippen molar-refractivity contribution in [2.75, 3.05) is 19.8 Å². The Morgan fingerprint density at radius 1 is 1.67 bits per heavy atom. The first kappa shape index (κ1) is 7.00. The van der Waals surface area contributed by atoms with Crippen LogP contribution < -0.4 is 0 Å². The van der Waals surface area contributed by atoms with Crippen LogP contribution in [0.25, 0.3) is 0 Å². The van der Waals surface area contributed by atoms with E-state index in [0.29, 0.717) is 0 Å². The molecule has 1 fully saturated rings. The van der Waals surface area contributed by atoms with Crippen LogP contribution in [0.3, 0.4) is 0 Å². The Kier molecular flexibility index (Phi) is 2.46. The lowest BCUT2D eigenvalue weighted by molar-refractivity contribution is 0.224. The van der Waals surface area contributed by atoms with Gasteiger partial charge in [-0.3, -0.25) is 4.90 Å². The lowest BCUT2D eigenvalue weighted by Gasteiger charge is -2.18. The number of hydrogen-bond acceptors (Lipinski definition) is 1. The van der Waals surface area contributed by atoms with E-state index >= 15 is 0 Å². The monoisotopic (exact) mass is 131 g/mol. The zero-order valence-electron chi connectivity index (χ0n) is 5.94. The summed E-state index contributed by atoms with van der Waals surface area (Å²) < 4.78 is 12.1. The third kappa shape index (κ3) is 1.42. The number of rotatable bonds is 2. The maximum Gasteiger partial charge on any atom is 0.105 e. The van der Waals surface area contributed by atoms with E-state index in [2.05, 4.69) is 11.8 Å². The number of likely N-dealkylation sites (tertiary alicyclic amines) is 1. The van der Waals surface area contributed by atoms with Gasteiger partial charge in [0.25, 0.3) is 0 Å². The van der Waals surface area contributed by atoms with E-state index in [4.69, 9.17) is 0 Å². The first-order chi connectivity index (χ1) is 4.38. The van der Waals surface area contributed by atoms with Crippen molar-refractivity contribution in [3.05, 3.63) is 0 Å². The fraction of sp³-hybridized carbons (Fsp3) is 1.00. The molecule has 0 aromatic rings. The van der Waals surface area contributed by atoms with Gasteiger partial charge in [0.05, 0.1) is 0 Å². The van der Waals surface area contributed by atoms with E-state index in [-0.39, 0.29) is 12.7 Å². The van der Waals surface area contributed by atoms with Crippen LogP contribution in [0.5, 0.6) is 0 Å². The first-order valence-corrected chi connectivity index (χ1v) is 3.68. The Balaban J connectivity index is 2.32. The van der Waals surface area contributed by atoms with Gasteiger partial charge in [-0.1, -0.05) is 6.92 Å². The van der Waals surface area contributed by atoms with Crippen molar-refractivity contribution in [2.45, 2.75) is 25.8 Å². The molecule has 0 amide bonds. The van der Waals surface area contributed by atoms with E-state index in [1.165, 1.54) is 6.42 Å². The predicted molar refractivity (Wildman–Crippen MR) is 36.2 cm³/mol. The van der Waals surface area contributed by atoms with Gasteiger partial charge in [0, 0.05) is 6.04 Å². The van der Waals surface area contributed by atoms with Crippen molar-refractivity contribution in [3.8, 4) is 0 Å². The van der Waals surface area contributed by atoms with Crippen LogP contribution in [-0.4, -0.2) is 30.7 Å². The average Bonchev–Trinajstić information content (AvgIpc) is 2.33. The molecular formula is C7H14FN. The molecule has 1 rings (SSSR count). The Morgan fingerprint density at radius 2 is 2.44 bits per heavy atom. The minimum atomic E-state index is -0.159. The zero-order valence-corrected chi connectivity index (χ0v) is 5.94. The second-order valence-electron chi connectivity index (χ2n) is 2.58. The van der Waals surface area contributed by atoms with Gasteiger partial charge in [0.1, 0.15) is 6.67 Å². The first-order valence-electron chi connectivity index (χ1n) is 3.68. The van der Waals surface area contributed by atoms with Crippen molar-refractivity contribution < 1.29 is 4.39 Å². The minimum absolute atomic E-state index is 0.159. The van der Waals surface area contributed by atoms with Crippen molar-refractivity contribution in [2.24, 2.45) is 0 Å². The molecule has 0 aromatic heterocycles. The largest absolute Gasteiger partial charge is 0.298 e. The lowest BCUT2D eigenvalue weighted by Crippen LogP contribution is -2.30. The molecule has 0 bridgehead atoms. The molecule has 2 heteroatoms. The SMILES string of the molecule is CCN1CCCC1CF. The Labute approximate surface area is 55.8 Å². The highest BCUT2D eigenvalue weighted by Crippen LogP contribution is 2.16. The summed E-state index contributed by atoms with van der Waals surface area (Å²) in [6.45, 7) is 4.04. The standard InChI is InChI=1S/C7H14FN/c1-2-9-5-3-4-7(9)6-8/h7H,2-6H2,1H3. The average molecular weight is 131 g/mol. The summed E-state index contributed by atoms with van der Waals surface area (Å²) in [6.07, 6.45) is 2.24. The predicted octanol–water partition coefficient (Wildman–Crippen LogP) is 1.44. The molecule has 1 atom stereocenters. The van der Waals surface area contributed by atoms with Crippen LogP contribution >= 0.6 is 0 Å². The topological polar surface area (TPSA) is 3.24 Å². The summed E-state index contributed by atoms with van der Waals surface area (Å²) in [5.41, 5.74) is 0. The normalized spacial score (nSPS) is 29.3. The summed E-state index contributed by atoms with van der Waals surface area (Å²) >= 11 is 0. The molecule has 0 saturated carbocycles. The highest BCUT2D eigenvalue weighted by Gasteiger charge is 2.21. The van der Waals surface area contributed by atoms with Crippen molar-refractivity contribution in [3.63, 3.8) is 0 Å². The summed E-state index contributed by atoms with van der Waals surface area (Å²) in [4.78, 5) is 2.21. The molecular weight excluding hydrogens is 117 g/mol. The van der Waals surface area contributed by atoms with Crippen molar-refractivity contribution in [1.29, 1.82) is 0 Å². The molecule has 9 heavy (non-hydrogen) atoms. The Bertz CT molecular complexity index is 75.0. The second kappa shape index (κ2) is 3.16. The van der Waals surface area contributed by atoms with Gasteiger partial charge in [0.15, 0.2) is 0 Å². The molecule has 0 spiro atoms. The van der Waals surface area contributed by atoms with Gasteiger partial charge < -0.3 is 0 Å². The molecule has 1 aliphatic heterocycles. The molecule has 0 radical (unpaired) electrons. The van der Waals surface area contributed by atoms with Crippen LogP contribution in [0.4, 0.5) is 4.39 Å². The third-order valence-electron chi connectivity index (χ3n) is 2.08. The van der Waals surface area contributed by atoms with Gasteiger partial charge >= 0.3 is 0 Å². The third-order valence-corrected chi connectivity index (χ3v) is 2.08. The van der Waals surface area contributed by atoms with E-state index in [1.807, 2.05) is 0 Å². The van der Waals surface area contributed by atoms with Crippen molar-refractivity contribution in [1.82, 2.24) is 4.90 Å². The fourth-order valence-electron chi connectivity index (χ4n) is 1.49. The van der Waals surface area contributed by atoms with Gasteiger partial charge in [-0.15, -0.1) is 0 Å². The van der Waals surface area contributed by atoms with Crippen LogP contribution in [0, 0.1) is 0 Å². The van der Waals surface area contributed by atoms with E-state index in [9.17, 15) is 4.39 Å². The molecule has 0 aromatic carbocycles. The lowest BCUT2D eigenvalue weighted by atomic mass is 10.2. The van der Waals surface area contributed by atoms with Crippen LogP contribution in [-0.2, 0) is 0 Å². The summed E-state index contributed by atoms with van der Waals surface area (Å²) in [5, 5.41) is 0. The molecule has 1 aliphatic rings.